The summed E-state index contributed by atoms with van der Waals surface area (Å²) in [6, 6.07) is 5.51. The number of nitrogens with one attached hydrogen (secondary N) is 1. The summed E-state index contributed by atoms with van der Waals surface area (Å²) in [7, 11) is 0. The molecular weight excluding hydrogens is 285 g/mol. The van der Waals surface area contributed by atoms with Crippen LogP contribution < -0.4 is 5.32 Å². The minimum atomic E-state index is -1.30. The van der Waals surface area contributed by atoms with Crippen molar-refractivity contribution in [2.45, 2.75) is 26.4 Å². The molecule has 116 valence electrons. The minimum Gasteiger partial charge on any atom is -0.384 e. The number of carbonyl (C=O) groups is 1. The molecule has 2 rings (SSSR count). The zero-order valence-electron chi connectivity index (χ0n) is 12.7. The first-order valence-corrected chi connectivity index (χ1v) is 6.86. The third kappa shape index (κ3) is 3.65. The Labute approximate surface area is 128 Å². The number of amides is 1. The Hall–Kier alpha value is -2.34. The molecule has 22 heavy (non-hydrogen) atoms. The van der Waals surface area contributed by atoms with E-state index < -0.39 is 5.60 Å². The van der Waals surface area contributed by atoms with Crippen molar-refractivity contribution in [2.75, 3.05) is 6.54 Å². The second kappa shape index (κ2) is 6.19. The Morgan fingerprint density at radius 1 is 1.32 bits per heavy atom. The van der Waals surface area contributed by atoms with Crippen molar-refractivity contribution >= 4 is 5.91 Å². The molecule has 0 fully saturated rings. The van der Waals surface area contributed by atoms with Crippen molar-refractivity contribution < 1.29 is 14.3 Å². The number of aliphatic hydroxyl groups is 1. The standard InChI is InChI=1S/C16H18FN3O2/c1-10-14(8-18-11(2)20-10)15(21)19-9-16(3,22)12-4-6-13(17)7-5-12/h4-8,22H,9H2,1-3H3,(H,19,21). The quantitative estimate of drug-likeness (QED) is 0.904. The molecule has 1 amide bonds. The van der Waals surface area contributed by atoms with Crippen LogP contribution in [0.1, 0.15) is 34.4 Å². The molecule has 0 bridgehead atoms. The molecule has 2 N–H and O–H groups in total. The van der Waals surface area contributed by atoms with Crippen LogP contribution in [0.2, 0.25) is 0 Å². The summed E-state index contributed by atoms with van der Waals surface area (Å²) in [6.07, 6.45) is 1.46. The van der Waals surface area contributed by atoms with Crippen molar-refractivity contribution in [2.24, 2.45) is 0 Å². The maximum absolute atomic E-state index is 12.9. The first-order chi connectivity index (χ1) is 10.3. The highest BCUT2D eigenvalue weighted by Crippen LogP contribution is 2.20. The SMILES string of the molecule is Cc1ncc(C(=O)NCC(C)(O)c2ccc(F)cc2)c(C)n1. The van der Waals surface area contributed by atoms with Crippen molar-refractivity contribution in [3.63, 3.8) is 0 Å². The van der Waals surface area contributed by atoms with E-state index in [0.717, 1.165) is 0 Å². The van der Waals surface area contributed by atoms with Crippen molar-refractivity contribution in [1.29, 1.82) is 0 Å². The number of aromatic nitrogens is 2. The predicted octanol–water partition coefficient (Wildman–Crippen LogP) is 1.87. The van der Waals surface area contributed by atoms with Gasteiger partial charge in [-0.1, -0.05) is 12.1 Å². The summed E-state index contributed by atoms with van der Waals surface area (Å²) in [5.41, 5.74) is 0.154. The fourth-order valence-corrected chi connectivity index (χ4v) is 2.06. The van der Waals surface area contributed by atoms with E-state index >= 15 is 0 Å². The molecular formula is C16H18FN3O2. The zero-order chi connectivity index (χ0) is 16.3. The van der Waals surface area contributed by atoms with Crippen LogP contribution in [0.4, 0.5) is 4.39 Å². The van der Waals surface area contributed by atoms with Gasteiger partial charge < -0.3 is 10.4 Å². The number of benzene rings is 1. The van der Waals surface area contributed by atoms with Gasteiger partial charge in [-0.2, -0.15) is 0 Å². The highest BCUT2D eigenvalue weighted by Gasteiger charge is 2.24. The topological polar surface area (TPSA) is 75.1 Å². The second-order valence-electron chi connectivity index (χ2n) is 5.38. The molecule has 0 aliphatic rings. The first-order valence-electron chi connectivity index (χ1n) is 6.86. The number of nitrogens with zero attached hydrogens (tertiary/aromatic N) is 2. The predicted molar refractivity (Wildman–Crippen MR) is 79.8 cm³/mol. The summed E-state index contributed by atoms with van der Waals surface area (Å²) in [5.74, 6) is -0.150. The van der Waals surface area contributed by atoms with Gasteiger partial charge in [-0.3, -0.25) is 4.79 Å². The Morgan fingerprint density at radius 2 is 1.95 bits per heavy atom. The second-order valence-corrected chi connectivity index (χ2v) is 5.38. The highest BCUT2D eigenvalue weighted by molar-refractivity contribution is 5.94. The van der Waals surface area contributed by atoms with Gasteiger partial charge in [-0.15, -0.1) is 0 Å². The lowest BCUT2D eigenvalue weighted by Crippen LogP contribution is -2.39. The van der Waals surface area contributed by atoms with Gasteiger partial charge in [0.25, 0.3) is 5.91 Å². The Bertz CT molecular complexity index is 684. The lowest BCUT2D eigenvalue weighted by molar-refractivity contribution is 0.0525. The summed E-state index contributed by atoms with van der Waals surface area (Å²) in [6.45, 7) is 5.01. The highest BCUT2D eigenvalue weighted by atomic mass is 19.1. The molecule has 1 aromatic heterocycles. The van der Waals surface area contributed by atoms with E-state index in [9.17, 15) is 14.3 Å². The average molecular weight is 303 g/mol. The van der Waals surface area contributed by atoms with Crippen LogP contribution in [0.5, 0.6) is 0 Å². The number of hydrogen-bond acceptors (Lipinski definition) is 4. The van der Waals surface area contributed by atoms with Crippen LogP contribution in [0.15, 0.2) is 30.5 Å². The monoisotopic (exact) mass is 303 g/mol. The molecule has 1 atom stereocenters. The summed E-state index contributed by atoms with van der Waals surface area (Å²) in [4.78, 5) is 20.3. The smallest absolute Gasteiger partial charge is 0.254 e. The van der Waals surface area contributed by atoms with Gasteiger partial charge in [0.2, 0.25) is 0 Å². The average Bonchev–Trinajstić information content (AvgIpc) is 2.45. The van der Waals surface area contributed by atoms with Gasteiger partial charge in [0, 0.05) is 6.20 Å². The van der Waals surface area contributed by atoms with E-state index in [0.29, 0.717) is 22.6 Å². The van der Waals surface area contributed by atoms with Gasteiger partial charge in [-0.25, -0.2) is 14.4 Å². The van der Waals surface area contributed by atoms with Gasteiger partial charge >= 0.3 is 0 Å². The third-order valence-electron chi connectivity index (χ3n) is 3.40. The van der Waals surface area contributed by atoms with Gasteiger partial charge in [-0.05, 0) is 38.5 Å². The number of halogens is 1. The summed E-state index contributed by atoms with van der Waals surface area (Å²) >= 11 is 0. The fraction of sp³-hybridized carbons (Fsp3) is 0.312. The van der Waals surface area contributed by atoms with Crippen LogP contribution in [0, 0.1) is 19.7 Å². The lowest BCUT2D eigenvalue weighted by Gasteiger charge is -2.24. The molecule has 1 aromatic carbocycles. The molecule has 1 unspecified atom stereocenters. The van der Waals surface area contributed by atoms with Crippen LogP contribution in [-0.2, 0) is 5.60 Å². The summed E-state index contributed by atoms with van der Waals surface area (Å²) in [5, 5.41) is 13.1. The first kappa shape index (κ1) is 16.0. The largest absolute Gasteiger partial charge is 0.384 e. The Kier molecular flexibility index (Phi) is 4.51. The van der Waals surface area contributed by atoms with Gasteiger partial charge in [0.05, 0.1) is 17.8 Å². The Morgan fingerprint density at radius 3 is 2.55 bits per heavy atom. The molecule has 0 saturated heterocycles. The molecule has 0 spiro atoms. The van der Waals surface area contributed by atoms with Crippen molar-refractivity contribution in [3.8, 4) is 0 Å². The fourth-order valence-electron chi connectivity index (χ4n) is 2.06. The number of aryl methyl sites for hydroxylation is 2. The number of hydrogen-bond donors (Lipinski definition) is 2. The maximum Gasteiger partial charge on any atom is 0.254 e. The number of carbonyl (C=O) groups excluding carboxylic acids is 1. The van der Waals surface area contributed by atoms with E-state index in [-0.39, 0.29) is 18.3 Å². The summed E-state index contributed by atoms with van der Waals surface area (Å²) < 4.78 is 12.9. The third-order valence-corrected chi connectivity index (χ3v) is 3.40. The van der Waals surface area contributed by atoms with Crippen LogP contribution >= 0.6 is 0 Å². The minimum absolute atomic E-state index is 0.00914. The molecule has 6 heteroatoms. The lowest BCUT2D eigenvalue weighted by atomic mass is 9.96. The Balaban J connectivity index is 2.08. The van der Waals surface area contributed by atoms with Crippen molar-refractivity contribution in [3.05, 3.63) is 58.9 Å². The van der Waals surface area contributed by atoms with Crippen molar-refractivity contribution in [1.82, 2.24) is 15.3 Å². The van der Waals surface area contributed by atoms with Crippen LogP contribution in [0.3, 0.4) is 0 Å². The molecule has 0 saturated carbocycles. The molecule has 5 nitrogen and oxygen atoms in total. The van der Waals surface area contributed by atoms with E-state index in [4.69, 9.17) is 0 Å². The van der Waals surface area contributed by atoms with Crippen LogP contribution in [-0.4, -0.2) is 27.5 Å². The van der Waals surface area contributed by atoms with Gasteiger partial charge in [0.1, 0.15) is 17.2 Å². The molecule has 0 radical (unpaired) electrons. The molecule has 1 heterocycles. The van der Waals surface area contributed by atoms with E-state index in [2.05, 4.69) is 15.3 Å². The van der Waals surface area contributed by atoms with E-state index in [1.54, 1.807) is 20.8 Å². The van der Waals surface area contributed by atoms with Crippen LogP contribution in [0.25, 0.3) is 0 Å². The number of rotatable bonds is 4. The normalized spacial score (nSPS) is 13.5. The zero-order valence-corrected chi connectivity index (χ0v) is 12.7. The van der Waals surface area contributed by atoms with E-state index in [1.807, 2.05) is 0 Å². The molecule has 0 aliphatic carbocycles. The maximum atomic E-state index is 12.9. The molecule has 2 aromatic rings. The molecule has 0 aliphatic heterocycles. The van der Waals surface area contributed by atoms with E-state index in [1.165, 1.54) is 30.5 Å². The van der Waals surface area contributed by atoms with Gasteiger partial charge in [0.15, 0.2) is 0 Å².